The van der Waals surface area contributed by atoms with Crippen molar-refractivity contribution < 1.29 is 75.8 Å². The Morgan fingerprint density at radius 2 is 0.525 bits per heavy atom. The lowest BCUT2D eigenvalue weighted by Gasteiger charge is -2.21. The molecule has 0 spiro atoms. The Labute approximate surface area is 614 Å². The van der Waals surface area contributed by atoms with E-state index in [0.29, 0.717) is 19.3 Å². The molecule has 5 unspecified atom stereocenters. The van der Waals surface area contributed by atoms with Crippen molar-refractivity contribution in [2.75, 3.05) is 39.6 Å². The van der Waals surface area contributed by atoms with Crippen LogP contribution in [0.2, 0.25) is 0 Å². The minimum Gasteiger partial charge on any atom is -0.463 e. The van der Waals surface area contributed by atoms with Crippen molar-refractivity contribution in [1.82, 2.24) is 0 Å². The van der Waals surface area contributed by atoms with E-state index >= 15 is 0 Å². The molecule has 0 rings (SSSR count). The molecule has 0 amide bonds. The summed E-state index contributed by atoms with van der Waals surface area (Å²) >= 11 is 0. The number of phosphoric ester groups is 2. The average molecular weight is 1460 g/mol. The fourth-order valence-corrected chi connectivity index (χ4v) is 12.0. The summed E-state index contributed by atoms with van der Waals surface area (Å²) in [4.78, 5) is 58.7. The molecule has 4 N–H and O–H groups in total. The van der Waals surface area contributed by atoms with Crippen LogP contribution in [0.1, 0.15) is 316 Å². The van der Waals surface area contributed by atoms with E-state index in [0.717, 1.165) is 173 Å². The number of carbonyl (C=O) groups excluding carboxylic acids is 3. The van der Waals surface area contributed by atoms with Crippen LogP contribution in [0, 0.1) is 0 Å². The van der Waals surface area contributed by atoms with Crippen molar-refractivity contribution >= 4 is 33.6 Å². The minimum absolute atomic E-state index is 0.0900. The van der Waals surface area contributed by atoms with Crippen LogP contribution in [-0.2, 0) is 55.8 Å². The Hall–Kier alpha value is -4.31. The van der Waals surface area contributed by atoms with Gasteiger partial charge in [-0.15, -0.1) is 0 Å². The topological polar surface area (TPSA) is 231 Å². The SMILES string of the molecule is CC/C=C\C/C=C\C/C=C\C/C=C\C/C=C\CCCCCCCCCCCCCC(=O)OCC(O)COP(=O)(O)OCC(O)COP(=O)(O)OCC(COC(=O)CCCCCCCCC/C=C\C/C=C\C/C=C\C/C=C\C/C=C\CC)OC(=O)CCCCCCC/C=C\CCCCCCCC. The lowest BCUT2D eigenvalue weighted by Crippen LogP contribution is -2.30. The summed E-state index contributed by atoms with van der Waals surface area (Å²) in [6.45, 7) is 2.44. The van der Waals surface area contributed by atoms with Crippen molar-refractivity contribution in [3.05, 3.63) is 134 Å². The van der Waals surface area contributed by atoms with Gasteiger partial charge < -0.3 is 34.2 Å². The molecule has 0 aromatic carbocycles. The lowest BCUT2D eigenvalue weighted by molar-refractivity contribution is -0.161. The van der Waals surface area contributed by atoms with E-state index in [2.05, 4.69) is 154 Å². The van der Waals surface area contributed by atoms with Gasteiger partial charge in [0.15, 0.2) is 6.10 Å². The lowest BCUT2D eigenvalue weighted by atomic mass is 10.0. The highest BCUT2D eigenvalue weighted by Crippen LogP contribution is 2.45. The molecule has 16 nitrogen and oxygen atoms in total. The quantitative estimate of drug-likeness (QED) is 0.0146. The highest BCUT2D eigenvalue weighted by molar-refractivity contribution is 7.47. The summed E-state index contributed by atoms with van der Waals surface area (Å²) in [6.07, 6.45) is 90.6. The summed E-state index contributed by atoms with van der Waals surface area (Å²) in [5.74, 6) is -1.60. The molecule has 580 valence electrons. The van der Waals surface area contributed by atoms with E-state index in [-0.39, 0.29) is 19.3 Å². The second kappa shape index (κ2) is 75.4. The van der Waals surface area contributed by atoms with Crippen molar-refractivity contribution in [2.45, 2.75) is 334 Å². The fourth-order valence-electron chi connectivity index (χ4n) is 10.4. The Morgan fingerprint density at radius 3 is 0.842 bits per heavy atom. The third-order valence-corrected chi connectivity index (χ3v) is 18.2. The highest BCUT2D eigenvalue weighted by Gasteiger charge is 2.29. The van der Waals surface area contributed by atoms with E-state index in [9.17, 15) is 43.5 Å². The number of carbonyl (C=O) groups is 3. The Morgan fingerprint density at radius 1 is 0.287 bits per heavy atom. The predicted molar refractivity (Wildman–Crippen MR) is 417 cm³/mol. The maximum absolute atomic E-state index is 13.0. The monoisotopic (exact) mass is 1460 g/mol. The Bertz CT molecular complexity index is 2370. The summed E-state index contributed by atoms with van der Waals surface area (Å²) in [7, 11) is -9.80. The van der Waals surface area contributed by atoms with Crippen molar-refractivity contribution in [3.63, 3.8) is 0 Å². The van der Waals surface area contributed by atoms with E-state index in [4.69, 9.17) is 32.3 Å². The highest BCUT2D eigenvalue weighted by atomic mass is 31.2. The summed E-state index contributed by atoms with van der Waals surface area (Å²) in [5.41, 5.74) is 0. The van der Waals surface area contributed by atoms with Crippen LogP contribution in [0.25, 0.3) is 0 Å². The van der Waals surface area contributed by atoms with Gasteiger partial charge in [-0.05, 0) is 135 Å². The van der Waals surface area contributed by atoms with Gasteiger partial charge in [-0.3, -0.25) is 32.5 Å². The van der Waals surface area contributed by atoms with E-state index in [1.165, 1.54) is 83.5 Å². The number of hydrogen-bond acceptors (Lipinski definition) is 14. The number of ether oxygens (including phenoxy) is 3. The predicted octanol–water partition coefficient (Wildman–Crippen LogP) is 23.1. The van der Waals surface area contributed by atoms with Crippen molar-refractivity contribution in [1.29, 1.82) is 0 Å². The molecule has 0 heterocycles. The minimum atomic E-state index is -4.94. The zero-order valence-electron chi connectivity index (χ0n) is 63.3. The third-order valence-electron chi connectivity index (χ3n) is 16.3. The number of esters is 3. The maximum atomic E-state index is 13.0. The van der Waals surface area contributed by atoms with E-state index < -0.39 is 91.5 Å². The molecular formula is C83H142O16P2. The van der Waals surface area contributed by atoms with Crippen LogP contribution in [0.3, 0.4) is 0 Å². The number of phosphoric acid groups is 2. The molecule has 18 heteroatoms. The van der Waals surface area contributed by atoms with Crippen molar-refractivity contribution in [2.24, 2.45) is 0 Å². The summed E-state index contributed by atoms with van der Waals surface area (Å²) < 4.78 is 61.2. The first-order chi connectivity index (χ1) is 49.2. The first-order valence-electron chi connectivity index (χ1n) is 39.5. The molecular weight excluding hydrogens is 1310 g/mol. The molecule has 0 saturated carbocycles. The van der Waals surface area contributed by atoms with Gasteiger partial charge in [-0.2, -0.15) is 0 Å². The van der Waals surface area contributed by atoms with Crippen LogP contribution in [-0.4, -0.2) is 95.9 Å². The number of hydrogen-bond donors (Lipinski definition) is 4. The maximum Gasteiger partial charge on any atom is 0.472 e. The molecule has 0 aliphatic rings. The summed E-state index contributed by atoms with van der Waals surface area (Å²) in [6, 6.07) is 0. The van der Waals surface area contributed by atoms with Crippen LogP contribution >= 0.6 is 15.6 Å². The molecule has 0 radical (unpaired) electrons. The number of aliphatic hydroxyl groups is 2. The normalized spacial score (nSPS) is 14.7. The zero-order chi connectivity index (χ0) is 73.7. The molecule has 101 heavy (non-hydrogen) atoms. The van der Waals surface area contributed by atoms with Crippen LogP contribution < -0.4 is 0 Å². The van der Waals surface area contributed by atoms with Crippen LogP contribution in [0.4, 0.5) is 0 Å². The first kappa shape index (κ1) is 96.7. The van der Waals surface area contributed by atoms with Gasteiger partial charge in [0.05, 0.1) is 26.4 Å². The standard InChI is InChI=1S/C83H142O16P2/c1-4-7-10-13-16-19-22-25-28-30-32-34-36-37-38-39-41-43-44-46-49-51-54-57-60-63-66-69-81(86)93-72-78(84)73-95-100(89,90)96-74-79(85)75-97-101(91,92)98-77-80(99-83(88)71-68-65-62-59-56-53-48-27-24-21-18-15-12-9-6-3)76-94-82(87)70-67-64-61-58-55-52-50-47-45-42-40-35-33-31-29-26-23-20-17-14-11-8-5-2/h7-8,10-11,16-17,19-20,25-29,32-35,37-38,42,45,48,78-80,84-85H,4-6,9,12-15,18,21-24,30-31,36,39-41,43-44,46-47,49-77H2,1-3H3,(H,89,90)(H,91,92)/b10-7-,11-8-,19-16-,20-17-,28-25-,29-26-,34-32-,35-33-,38-37-,45-42-,48-27-. The second-order valence-corrected chi connectivity index (χ2v) is 29.0. The second-order valence-electron chi connectivity index (χ2n) is 26.1. The van der Waals surface area contributed by atoms with Crippen molar-refractivity contribution in [3.8, 4) is 0 Å². The van der Waals surface area contributed by atoms with Gasteiger partial charge in [-0.25, -0.2) is 9.13 Å². The molecule has 0 aliphatic heterocycles. The molecule has 0 bridgehead atoms. The molecule has 5 atom stereocenters. The molecule has 0 aliphatic carbocycles. The van der Waals surface area contributed by atoms with Gasteiger partial charge in [0, 0.05) is 19.3 Å². The largest absolute Gasteiger partial charge is 0.472 e. The number of aliphatic hydroxyl groups excluding tert-OH is 2. The molecule has 0 fully saturated rings. The van der Waals surface area contributed by atoms with E-state index in [1.807, 2.05) is 0 Å². The third kappa shape index (κ3) is 76.6. The molecule has 0 aromatic rings. The van der Waals surface area contributed by atoms with Crippen LogP contribution in [0.5, 0.6) is 0 Å². The number of rotatable bonds is 74. The summed E-state index contributed by atoms with van der Waals surface area (Å²) in [5, 5.41) is 20.6. The average Bonchev–Trinajstić information content (AvgIpc) is 0.951. The van der Waals surface area contributed by atoms with Crippen LogP contribution in [0.15, 0.2) is 134 Å². The smallest absolute Gasteiger partial charge is 0.463 e. The van der Waals surface area contributed by atoms with E-state index in [1.54, 1.807) is 0 Å². The Kier molecular flexibility index (Phi) is 72.2. The molecule has 0 saturated heterocycles. The number of allylic oxidation sites excluding steroid dienone is 22. The first-order valence-corrected chi connectivity index (χ1v) is 42.5. The van der Waals surface area contributed by atoms with Gasteiger partial charge in [0.2, 0.25) is 0 Å². The van der Waals surface area contributed by atoms with Gasteiger partial charge >= 0.3 is 33.6 Å². The fraction of sp³-hybridized carbons (Fsp3) is 0.699. The molecule has 0 aromatic heterocycles. The number of unbranched alkanes of at least 4 members (excludes halogenated alkanes) is 29. The Balaban J connectivity index is 4.58. The van der Waals surface area contributed by atoms with Gasteiger partial charge in [0.25, 0.3) is 0 Å². The van der Waals surface area contributed by atoms with Gasteiger partial charge in [0.1, 0.15) is 25.4 Å². The van der Waals surface area contributed by atoms with Gasteiger partial charge in [-0.1, -0.05) is 296 Å². The zero-order valence-corrected chi connectivity index (χ0v) is 65.1.